The Labute approximate surface area is 90.9 Å². The second-order valence-corrected chi connectivity index (χ2v) is 3.78. The van der Waals surface area contributed by atoms with Gasteiger partial charge in [-0.15, -0.1) is 0 Å². The van der Waals surface area contributed by atoms with Crippen LogP contribution < -0.4 is 10.5 Å². The first kappa shape index (κ1) is 11.9. The van der Waals surface area contributed by atoms with Crippen LogP contribution >= 0.6 is 0 Å². The zero-order valence-corrected chi connectivity index (χ0v) is 9.63. The van der Waals surface area contributed by atoms with Gasteiger partial charge in [0.1, 0.15) is 5.75 Å². The molecular weight excluding hydrogens is 190 g/mol. The van der Waals surface area contributed by atoms with E-state index in [0.29, 0.717) is 13.0 Å². The van der Waals surface area contributed by atoms with Crippen molar-refractivity contribution in [1.29, 1.82) is 0 Å². The lowest BCUT2D eigenvalue weighted by molar-refractivity contribution is 0.233. The highest BCUT2D eigenvalue weighted by Crippen LogP contribution is 2.29. The van der Waals surface area contributed by atoms with Gasteiger partial charge in [-0.05, 0) is 43.5 Å². The molecule has 1 rings (SSSR count). The van der Waals surface area contributed by atoms with E-state index in [1.54, 1.807) is 0 Å². The Morgan fingerprint density at radius 2 is 1.93 bits per heavy atom. The molecule has 0 fully saturated rings. The maximum Gasteiger partial charge on any atom is 0.122 e. The van der Waals surface area contributed by atoms with E-state index in [1.807, 2.05) is 26.8 Å². The summed E-state index contributed by atoms with van der Waals surface area (Å²) in [5.74, 6) is 0.868. The highest BCUT2D eigenvalue weighted by molar-refractivity contribution is 5.60. The van der Waals surface area contributed by atoms with Crippen molar-refractivity contribution < 1.29 is 9.84 Å². The van der Waals surface area contributed by atoms with Gasteiger partial charge in [0.15, 0.2) is 0 Å². The first-order chi connectivity index (χ1) is 7.07. The lowest BCUT2D eigenvalue weighted by atomic mass is 10.0. The Morgan fingerprint density at radius 3 is 2.53 bits per heavy atom. The average molecular weight is 209 g/mol. The average Bonchev–Trinajstić information content (AvgIpc) is 2.23. The summed E-state index contributed by atoms with van der Waals surface area (Å²) >= 11 is 0. The van der Waals surface area contributed by atoms with Crippen molar-refractivity contribution in [2.45, 2.75) is 27.2 Å². The SMILES string of the molecule is Cc1cc(OCCCO)c(C)c(C)c1N. The van der Waals surface area contributed by atoms with E-state index in [0.717, 1.165) is 28.1 Å². The number of rotatable bonds is 4. The van der Waals surface area contributed by atoms with Gasteiger partial charge in [-0.3, -0.25) is 0 Å². The number of aliphatic hydroxyl groups excluding tert-OH is 1. The molecule has 0 radical (unpaired) electrons. The maximum absolute atomic E-state index is 8.67. The monoisotopic (exact) mass is 209 g/mol. The van der Waals surface area contributed by atoms with Crippen LogP contribution in [0, 0.1) is 20.8 Å². The standard InChI is InChI=1S/C12H19NO2/c1-8-7-11(15-6-4-5-14)9(2)10(3)12(8)13/h7,14H,4-6,13H2,1-3H3. The number of benzene rings is 1. The van der Waals surface area contributed by atoms with Crippen LogP contribution in [0.1, 0.15) is 23.1 Å². The summed E-state index contributed by atoms with van der Waals surface area (Å²) in [5, 5.41) is 8.67. The molecule has 3 nitrogen and oxygen atoms in total. The highest BCUT2D eigenvalue weighted by Gasteiger charge is 2.08. The van der Waals surface area contributed by atoms with E-state index in [2.05, 4.69) is 0 Å². The molecule has 0 bridgehead atoms. The Balaban J connectivity index is 2.89. The molecule has 0 spiro atoms. The summed E-state index contributed by atoms with van der Waals surface area (Å²) in [6.07, 6.45) is 0.655. The molecule has 1 aromatic carbocycles. The van der Waals surface area contributed by atoms with Crippen molar-refractivity contribution in [3.63, 3.8) is 0 Å². The maximum atomic E-state index is 8.67. The van der Waals surface area contributed by atoms with Gasteiger partial charge in [-0.1, -0.05) is 0 Å². The molecule has 0 aliphatic heterocycles. The van der Waals surface area contributed by atoms with Gasteiger partial charge < -0.3 is 15.6 Å². The van der Waals surface area contributed by atoms with E-state index >= 15 is 0 Å². The predicted octanol–water partition coefficient (Wildman–Crippen LogP) is 1.96. The van der Waals surface area contributed by atoms with Crippen LogP contribution in [-0.4, -0.2) is 18.3 Å². The minimum Gasteiger partial charge on any atom is -0.493 e. The molecule has 84 valence electrons. The van der Waals surface area contributed by atoms with E-state index in [-0.39, 0.29) is 6.61 Å². The zero-order chi connectivity index (χ0) is 11.4. The Kier molecular flexibility index (Phi) is 3.97. The fourth-order valence-electron chi connectivity index (χ4n) is 1.46. The van der Waals surface area contributed by atoms with Crippen molar-refractivity contribution in [2.24, 2.45) is 0 Å². The second kappa shape index (κ2) is 5.03. The number of nitrogens with two attached hydrogens (primary N) is 1. The second-order valence-electron chi connectivity index (χ2n) is 3.78. The van der Waals surface area contributed by atoms with Crippen molar-refractivity contribution in [1.82, 2.24) is 0 Å². The molecule has 0 heterocycles. The fourth-order valence-corrected chi connectivity index (χ4v) is 1.46. The van der Waals surface area contributed by atoms with Gasteiger partial charge >= 0.3 is 0 Å². The lowest BCUT2D eigenvalue weighted by Crippen LogP contribution is -2.04. The highest BCUT2D eigenvalue weighted by atomic mass is 16.5. The Hall–Kier alpha value is -1.22. The number of anilines is 1. The molecule has 0 unspecified atom stereocenters. The molecule has 0 aliphatic rings. The predicted molar refractivity (Wildman–Crippen MR) is 62.3 cm³/mol. The molecule has 0 aromatic heterocycles. The third-order valence-electron chi connectivity index (χ3n) is 2.67. The zero-order valence-electron chi connectivity index (χ0n) is 9.63. The van der Waals surface area contributed by atoms with Gasteiger partial charge in [0.25, 0.3) is 0 Å². The van der Waals surface area contributed by atoms with Gasteiger partial charge in [-0.2, -0.15) is 0 Å². The molecule has 0 saturated carbocycles. The quantitative estimate of drug-likeness (QED) is 0.588. The molecular formula is C12H19NO2. The minimum absolute atomic E-state index is 0.159. The van der Waals surface area contributed by atoms with Crippen LogP contribution in [0.15, 0.2) is 6.07 Å². The first-order valence-corrected chi connectivity index (χ1v) is 5.18. The number of aliphatic hydroxyl groups is 1. The normalized spacial score (nSPS) is 10.4. The van der Waals surface area contributed by atoms with Crippen LogP contribution in [0.3, 0.4) is 0 Å². The minimum atomic E-state index is 0.159. The topological polar surface area (TPSA) is 55.5 Å². The number of aryl methyl sites for hydroxylation is 1. The van der Waals surface area contributed by atoms with Crippen LogP contribution in [0.2, 0.25) is 0 Å². The lowest BCUT2D eigenvalue weighted by Gasteiger charge is -2.14. The first-order valence-electron chi connectivity index (χ1n) is 5.18. The molecule has 0 saturated heterocycles. The molecule has 0 atom stereocenters. The number of nitrogen functional groups attached to an aromatic ring is 1. The molecule has 15 heavy (non-hydrogen) atoms. The van der Waals surface area contributed by atoms with Crippen LogP contribution in [0.5, 0.6) is 5.75 Å². The third kappa shape index (κ3) is 2.63. The van der Waals surface area contributed by atoms with Gasteiger partial charge in [0.05, 0.1) is 6.61 Å². The third-order valence-corrected chi connectivity index (χ3v) is 2.67. The summed E-state index contributed by atoms with van der Waals surface area (Å²) < 4.78 is 5.58. The van der Waals surface area contributed by atoms with E-state index < -0.39 is 0 Å². The van der Waals surface area contributed by atoms with Crippen molar-refractivity contribution in [3.8, 4) is 5.75 Å². The molecule has 0 aliphatic carbocycles. The summed E-state index contributed by atoms with van der Waals surface area (Å²) in [6.45, 7) is 6.67. The largest absolute Gasteiger partial charge is 0.493 e. The summed E-state index contributed by atoms with van der Waals surface area (Å²) in [4.78, 5) is 0. The summed E-state index contributed by atoms with van der Waals surface area (Å²) in [7, 11) is 0. The van der Waals surface area contributed by atoms with Gasteiger partial charge in [-0.25, -0.2) is 0 Å². The summed E-state index contributed by atoms with van der Waals surface area (Å²) in [5.41, 5.74) is 9.94. The van der Waals surface area contributed by atoms with Crippen LogP contribution in [0.4, 0.5) is 5.69 Å². The van der Waals surface area contributed by atoms with E-state index in [9.17, 15) is 0 Å². The molecule has 3 heteroatoms. The number of hydrogen-bond acceptors (Lipinski definition) is 3. The van der Waals surface area contributed by atoms with Crippen LogP contribution in [0.25, 0.3) is 0 Å². The van der Waals surface area contributed by atoms with Crippen molar-refractivity contribution in [3.05, 3.63) is 22.8 Å². The Morgan fingerprint density at radius 1 is 1.27 bits per heavy atom. The summed E-state index contributed by atoms with van der Waals surface area (Å²) in [6, 6.07) is 1.95. The van der Waals surface area contributed by atoms with Gasteiger partial charge in [0, 0.05) is 18.7 Å². The van der Waals surface area contributed by atoms with Crippen LogP contribution in [-0.2, 0) is 0 Å². The van der Waals surface area contributed by atoms with Gasteiger partial charge in [0.2, 0.25) is 0 Å². The fraction of sp³-hybridized carbons (Fsp3) is 0.500. The Bertz CT molecular complexity index is 348. The smallest absolute Gasteiger partial charge is 0.122 e. The number of ether oxygens (including phenoxy) is 1. The van der Waals surface area contributed by atoms with E-state index in [1.165, 1.54) is 0 Å². The number of hydrogen-bond donors (Lipinski definition) is 2. The molecule has 1 aromatic rings. The molecule has 0 amide bonds. The van der Waals surface area contributed by atoms with E-state index in [4.69, 9.17) is 15.6 Å². The van der Waals surface area contributed by atoms with Crippen molar-refractivity contribution >= 4 is 5.69 Å². The molecule has 3 N–H and O–H groups in total. The van der Waals surface area contributed by atoms with Crippen molar-refractivity contribution in [2.75, 3.05) is 18.9 Å².